The Hall–Kier alpha value is -1.78. The fraction of sp³-hybridized carbons (Fsp3) is 0.538. The Morgan fingerprint density at radius 1 is 1.39 bits per heavy atom. The van der Waals surface area contributed by atoms with E-state index in [1.807, 2.05) is 0 Å². The van der Waals surface area contributed by atoms with Gasteiger partial charge in [0.1, 0.15) is 6.26 Å². The molecule has 0 aromatic carbocycles. The first-order valence-electron chi connectivity index (χ1n) is 6.20. The van der Waals surface area contributed by atoms with Crippen LogP contribution in [0.3, 0.4) is 0 Å². The predicted octanol–water partition coefficient (Wildman–Crippen LogP) is 2.29. The van der Waals surface area contributed by atoms with E-state index in [1.165, 1.54) is 12.5 Å². The maximum Gasteiger partial charge on any atom is 0.338 e. The lowest BCUT2D eigenvalue weighted by Gasteiger charge is -2.29. The number of aromatic carboxylic acids is 1. The van der Waals surface area contributed by atoms with E-state index in [0.29, 0.717) is 5.92 Å². The van der Waals surface area contributed by atoms with Gasteiger partial charge in [0.05, 0.1) is 5.56 Å². The molecule has 1 saturated carbocycles. The van der Waals surface area contributed by atoms with E-state index in [1.54, 1.807) is 0 Å². The molecule has 5 nitrogen and oxygen atoms in total. The summed E-state index contributed by atoms with van der Waals surface area (Å²) in [6, 6.07) is 1.41. The Bertz CT molecular complexity index is 452. The predicted molar refractivity (Wildman–Crippen MR) is 64.6 cm³/mol. The number of carbonyl (C=O) groups excluding carboxylic acids is 1. The van der Waals surface area contributed by atoms with Crippen molar-refractivity contribution in [2.75, 3.05) is 0 Å². The fourth-order valence-corrected chi connectivity index (χ4v) is 2.34. The van der Waals surface area contributed by atoms with E-state index in [0.717, 1.165) is 25.5 Å². The van der Waals surface area contributed by atoms with Crippen molar-refractivity contribution in [2.24, 2.45) is 5.92 Å². The van der Waals surface area contributed by atoms with Crippen LogP contribution in [0.25, 0.3) is 0 Å². The number of hydrogen-bond acceptors (Lipinski definition) is 3. The molecule has 0 saturated heterocycles. The molecular formula is C13H17NO4. The van der Waals surface area contributed by atoms with Crippen molar-refractivity contribution >= 4 is 11.9 Å². The molecule has 98 valence electrons. The highest BCUT2D eigenvalue weighted by Gasteiger charge is 2.24. The molecule has 1 amide bonds. The molecule has 1 aliphatic rings. The Kier molecular flexibility index (Phi) is 3.69. The van der Waals surface area contributed by atoms with Crippen LogP contribution in [0.1, 0.15) is 53.5 Å². The molecule has 0 spiro atoms. The van der Waals surface area contributed by atoms with Gasteiger partial charge in [-0.3, -0.25) is 4.79 Å². The van der Waals surface area contributed by atoms with Crippen molar-refractivity contribution in [1.29, 1.82) is 0 Å². The normalized spacial score (nSPS) is 23.6. The van der Waals surface area contributed by atoms with Crippen molar-refractivity contribution in [3.05, 3.63) is 23.7 Å². The number of hydrogen-bond donors (Lipinski definition) is 2. The van der Waals surface area contributed by atoms with Gasteiger partial charge < -0.3 is 14.8 Å². The highest BCUT2D eigenvalue weighted by atomic mass is 16.4. The molecule has 1 aliphatic carbocycles. The van der Waals surface area contributed by atoms with Crippen LogP contribution in [0.15, 0.2) is 16.7 Å². The van der Waals surface area contributed by atoms with E-state index in [9.17, 15) is 9.59 Å². The number of carboxylic acid groups (broad SMARTS) is 1. The van der Waals surface area contributed by atoms with Crippen LogP contribution in [0.2, 0.25) is 0 Å². The summed E-state index contributed by atoms with van der Waals surface area (Å²) in [6.07, 6.45) is 5.50. The lowest BCUT2D eigenvalue weighted by molar-refractivity contribution is 0.0695. The van der Waals surface area contributed by atoms with Crippen molar-refractivity contribution in [3.8, 4) is 0 Å². The second-order valence-corrected chi connectivity index (χ2v) is 4.85. The minimum atomic E-state index is -1.09. The van der Waals surface area contributed by atoms with Gasteiger partial charge in [0.2, 0.25) is 0 Å². The second kappa shape index (κ2) is 5.25. The average Bonchev–Trinajstić information content (AvgIpc) is 2.81. The van der Waals surface area contributed by atoms with Crippen LogP contribution < -0.4 is 5.32 Å². The monoisotopic (exact) mass is 251 g/mol. The van der Waals surface area contributed by atoms with Crippen LogP contribution >= 0.6 is 0 Å². The van der Waals surface area contributed by atoms with Crippen LogP contribution in [0.5, 0.6) is 0 Å². The largest absolute Gasteiger partial charge is 0.478 e. The zero-order valence-corrected chi connectivity index (χ0v) is 10.3. The lowest BCUT2D eigenvalue weighted by Crippen LogP contribution is -2.40. The van der Waals surface area contributed by atoms with E-state index in [2.05, 4.69) is 12.2 Å². The van der Waals surface area contributed by atoms with E-state index >= 15 is 0 Å². The minimum Gasteiger partial charge on any atom is -0.478 e. The van der Waals surface area contributed by atoms with Gasteiger partial charge in [-0.15, -0.1) is 0 Å². The van der Waals surface area contributed by atoms with E-state index < -0.39 is 5.97 Å². The topological polar surface area (TPSA) is 79.5 Å². The molecular weight excluding hydrogens is 234 g/mol. The summed E-state index contributed by atoms with van der Waals surface area (Å²) in [6.45, 7) is 2.12. The smallest absolute Gasteiger partial charge is 0.338 e. The molecule has 1 heterocycles. The summed E-state index contributed by atoms with van der Waals surface area (Å²) in [4.78, 5) is 22.6. The summed E-state index contributed by atoms with van der Waals surface area (Å²) in [5.41, 5.74) is -0.00292. The molecule has 18 heavy (non-hydrogen) atoms. The Balaban J connectivity index is 2.00. The van der Waals surface area contributed by atoms with Gasteiger partial charge >= 0.3 is 5.97 Å². The van der Waals surface area contributed by atoms with Gasteiger partial charge in [-0.25, -0.2) is 4.79 Å². The molecule has 2 N–H and O–H groups in total. The molecule has 2 rings (SSSR count). The number of carboxylic acids is 1. The highest BCUT2D eigenvalue weighted by Crippen LogP contribution is 2.24. The first-order valence-corrected chi connectivity index (χ1v) is 6.20. The molecule has 0 radical (unpaired) electrons. The third-order valence-electron chi connectivity index (χ3n) is 3.50. The Morgan fingerprint density at radius 2 is 2.11 bits per heavy atom. The van der Waals surface area contributed by atoms with Gasteiger partial charge in [0, 0.05) is 12.1 Å². The summed E-state index contributed by atoms with van der Waals surface area (Å²) in [5, 5.41) is 11.7. The highest BCUT2D eigenvalue weighted by molar-refractivity contribution is 5.95. The molecule has 2 unspecified atom stereocenters. The molecule has 1 aromatic rings. The molecule has 0 aliphatic heterocycles. The van der Waals surface area contributed by atoms with Crippen LogP contribution in [-0.2, 0) is 0 Å². The maximum atomic E-state index is 11.9. The van der Waals surface area contributed by atoms with Crippen molar-refractivity contribution in [1.82, 2.24) is 5.32 Å². The van der Waals surface area contributed by atoms with Gasteiger partial charge in [-0.2, -0.15) is 0 Å². The lowest BCUT2D eigenvalue weighted by atomic mass is 9.86. The van der Waals surface area contributed by atoms with E-state index in [4.69, 9.17) is 9.52 Å². The number of nitrogens with one attached hydrogen (secondary N) is 1. The number of amides is 1. The first kappa shape index (κ1) is 12.7. The van der Waals surface area contributed by atoms with Crippen molar-refractivity contribution < 1.29 is 19.1 Å². The number of rotatable bonds is 3. The zero-order valence-electron chi connectivity index (χ0n) is 10.3. The van der Waals surface area contributed by atoms with Crippen LogP contribution in [-0.4, -0.2) is 23.0 Å². The molecule has 5 heteroatoms. The third kappa shape index (κ3) is 2.72. The van der Waals surface area contributed by atoms with Gasteiger partial charge in [0.25, 0.3) is 5.91 Å². The molecule has 1 fully saturated rings. The molecule has 0 bridgehead atoms. The fourth-order valence-electron chi connectivity index (χ4n) is 2.34. The minimum absolute atomic E-state index is 0.00292. The molecule has 2 atom stereocenters. The van der Waals surface area contributed by atoms with Gasteiger partial charge in [0.15, 0.2) is 5.76 Å². The van der Waals surface area contributed by atoms with Crippen LogP contribution in [0.4, 0.5) is 0 Å². The second-order valence-electron chi connectivity index (χ2n) is 4.85. The Labute approximate surface area is 105 Å². The van der Waals surface area contributed by atoms with Gasteiger partial charge in [-0.1, -0.05) is 19.8 Å². The van der Waals surface area contributed by atoms with Gasteiger partial charge in [-0.05, 0) is 18.8 Å². The zero-order chi connectivity index (χ0) is 13.1. The van der Waals surface area contributed by atoms with E-state index in [-0.39, 0.29) is 23.3 Å². The van der Waals surface area contributed by atoms with Crippen molar-refractivity contribution in [2.45, 2.75) is 38.6 Å². The first-order chi connectivity index (χ1) is 8.58. The maximum absolute atomic E-state index is 11.9. The summed E-state index contributed by atoms with van der Waals surface area (Å²) < 4.78 is 4.97. The third-order valence-corrected chi connectivity index (χ3v) is 3.50. The van der Waals surface area contributed by atoms with Crippen LogP contribution in [0, 0.1) is 5.92 Å². The summed E-state index contributed by atoms with van der Waals surface area (Å²) >= 11 is 0. The number of carbonyl (C=O) groups is 2. The standard InChI is InChI=1S/C13H17NO4/c1-8-4-2-3-5-10(8)14-12(15)11-6-9(7-18-11)13(16)17/h6-8,10H,2-5H2,1H3,(H,14,15)(H,16,17). The SMILES string of the molecule is CC1CCCCC1NC(=O)c1cc(C(=O)O)co1. The molecule has 1 aromatic heterocycles. The average molecular weight is 251 g/mol. The summed E-state index contributed by atoms with van der Waals surface area (Å²) in [5.74, 6) is -0.910. The Morgan fingerprint density at radius 3 is 2.72 bits per heavy atom. The quantitative estimate of drug-likeness (QED) is 0.863. The van der Waals surface area contributed by atoms with Crippen molar-refractivity contribution in [3.63, 3.8) is 0 Å². The summed E-state index contributed by atoms with van der Waals surface area (Å²) in [7, 11) is 0. The number of furan rings is 1.